The van der Waals surface area contributed by atoms with E-state index in [-0.39, 0.29) is 17.0 Å². The smallest absolute Gasteiger partial charge is 0.337 e. The van der Waals surface area contributed by atoms with Crippen molar-refractivity contribution in [3.8, 4) is 5.75 Å². The first-order valence-electron chi connectivity index (χ1n) is 5.21. The molecule has 0 bridgehead atoms. The van der Waals surface area contributed by atoms with Gasteiger partial charge < -0.3 is 15.5 Å². The zero-order valence-corrected chi connectivity index (χ0v) is 9.75. The maximum atomic E-state index is 11.5. The average Bonchev–Trinajstić information content (AvgIpc) is 2.31. The minimum absolute atomic E-state index is 0.135. The second kappa shape index (κ2) is 6.24. The van der Waals surface area contributed by atoms with Crippen LogP contribution in [0.25, 0.3) is 0 Å². The summed E-state index contributed by atoms with van der Waals surface area (Å²) in [6.07, 6.45) is 6.25. The lowest BCUT2D eigenvalue weighted by Gasteiger charge is -2.06. The fourth-order valence-electron chi connectivity index (χ4n) is 1.25. The fraction of sp³-hybridized carbons (Fsp3) is 0.0769. The van der Waals surface area contributed by atoms with Gasteiger partial charge in [-0.15, -0.1) is 0 Å². The van der Waals surface area contributed by atoms with E-state index in [0.29, 0.717) is 0 Å². The molecular weight excluding hydrogens is 234 g/mol. The van der Waals surface area contributed by atoms with E-state index >= 15 is 0 Å². The van der Waals surface area contributed by atoms with Crippen LogP contribution in [0.5, 0.6) is 5.75 Å². The summed E-state index contributed by atoms with van der Waals surface area (Å²) in [7, 11) is 0. The Morgan fingerprint density at radius 2 is 2.00 bits per heavy atom. The fourth-order valence-corrected chi connectivity index (χ4v) is 1.25. The summed E-state index contributed by atoms with van der Waals surface area (Å²) in [5, 5.41) is 20.5. The van der Waals surface area contributed by atoms with Crippen LogP contribution in [0.2, 0.25) is 0 Å². The van der Waals surface area contributed by atoms with E-state index in [1.807, 2.05) is 6.92 Å². The van der Waals surface area contributed by atoms with Crippen LogP contribution < -0.4 is 5.32 Å². The van der Waals surface area contributed by atoms with Gasteiger partial charge in [-0.2, -0.15) is 0 Å². The third-order valence-electron chi connectivity index (χ3n) is 2.04. The van der Waals surface area contributed by atoms with Crippen LogP contribution in [-0.2, 0) is 4.79 Å². The summed E-state index contributed by atoms with van der Waals surface area (Å²) in [6.45, 7) is 1.81. The lowest BCUT2D eigenvalue weighted by molar-refractivity contribution is -0.111. The Labute approximate surface area is 104 Å². The van der Waals surface area contributed by atoms with Crippen molar-refractivity contribution in [3.05, 3.63) is 48.1 Å². The van der Waals surface area contributed by atoms with Gasteiger partial charge in [0.1, 0.15) is 5.75 Å². The van der Waals surface area contributed by atoms with E-state index in [0.717, 1.165) is 6.07 Å². The molecule has 0 aliphatic carbocycles. The Morgan fingerprint density at radius 3 is 2.61 bits per heavy atom. The number of anilines is 1. The first kappa shape index (κ1) is 13.5. The minimum Gasteiger partial charge on any atom is -0.508 e. The average molecular weight is 247 g/mol. The predicted molar refractivity (Wildman–Crippen MR) is 67.6 cm³/mol. The van der Waals surface area contributed by atoms with Gasteiger partial charge in [0.15, 0.2) is 0 Å². The Balaban J connectivity index is 2.90. The Morgan fingerprint density at radius 1 is 1.28 bits per heavy atom. The summed E-state index contributed by atoms with van der Waals surface area (Å²) in [6, 6.07) is 3.71. The molecule has 0 aliphatic heterocycles. The molecule has 94 valence electrons. The van der Waals surface area contributed by atoms with Crippen molar-refractivity contribution in [3.63, 3.8) is 0 Å². The number of hydrogen-bond donors (Lipinski definition) is 3. The second-order valence-electron chi connectivity index (χ2n) is 3.41. The van der Waals surface area contributed by atoms with Crippen molar-refractivity contribution in [2.45, 2.75) is 6.92 Å². The first-order chi connectivity index (χ1) is 8.54. The number of carboxylic acid groups (broad SMARTS) is 1. The third kappa shape index (κ3) is 3.79. The van der Waals surface area contributed by atoms with Crippen LogP contribution in [0.4, 0.5) is 5.69 Å². The van der Waals surface area contributed by atoms with Gasteiger partial charge in [-0.3, -0.25) is 4.79 Å². The Hall–Kier alpha value is -2.56. The van der Waals surface area contributed by atoms with E-state index in [1.165, 1.54) is 24.3 Å². The van der Waals surface area contributed by atoms with Crippen molar-refractivity contribution < 1.29 is 19.8 Å². The molecule has 1 aromatic carbocycles. The number of carboxylic acids is 1. The number of aromatic carboxylic acids is 1. The van der Waals surface area contributed by atoms with Gasteiger partial charge in [0.2, 0.25) is 5.91 Å². The predicted octanol–water partition coefficient (Wildman–Crippen LogP) is 2.16. The zero-order chi connectivity index (χ0) is 13.5. The topological polar surface area (TPSA) is 86.6 Å². The van der Waals surface area contributed by atoms with Gasteiger partial charge >= 0.3 is 5.97 Å². The summed E-state index contributed by atoms with van der Waals surface area (Å²) >= 11 is 0. The molecule has 5 heteroatoms. The van der Waals surface area contributed by atoms with Gasteiger partial charge in [-0.05, 0) is 25.1 Å². The second-order valence-corrected chi connectivity index (χ2v) is 3.41. The number of aromatic hydroxyl groups is 1. The van der Waals surface area contributed by atoms with Crippen LogP contribution in [0.15, 0.2) is 42.5 Å². The normalized spacial score (nSPS) is 10.9. The van der Waals surface area contributed by atoms with Crippen LogP contribution in [0, 0.1) is 0 Å². The van der Waals surface area contributed by atoms with Crippen LogP contribution in [-0.4, -0.2) is 22.1 Å². The molecule has 0 unspecified atom stereocenters. The molecule has 0 fully saturated rings. The lowest BCUT2D eigenvalue weighted by atomic mass is 10.1. The van der Waals surface area contributed by atoms with Crippen LogP contribution in [0.3, 0.4) is 0 Å². The highest BCUT2D eigenvalue weighted by Gasteiger charge is 2.12. The molecule has 1 rings (SSSR count). The van der Waals surface area contributed by atoms with E-state index in [9.17, 15) is 14.7 Å². The Kier molecular flexibility index (Phi) is 4.68. The van der Waals surface area contributed by atoms with Crippen molar-refractivity contribution in [1.29, 1.82) is 0 Å². The molecule has 1 aromatic rings. The maximum Gasteiger partial charge on any atom is 0.337 e. The largest absolute Gasteiger partial charge is 0.508 e. The van der Waals surface area contributed by atoms with Crippen molar-refractivity contribution in [1.82, 2.24) is 0 Å². The highest BCUT2D eigenvalue weighted by Crippen LogP contribution is 2.21. The number of rotatable bonds is 4. The third-order valence-corrected chi connectivity index (χ3v) is 2.04. The molecule has 0 saturated heterocycles. The van der Waals surface area contributed by atoms with E-state index in [1.54, 1.807) is 12.2 Å². The van der Waals surface area contributed by atoms with Crippen LogP contribution in [0.1, 0.15) is 17.3 Å². The highest BCUT2D eigenvalue weighted by molar-refractivity contribution is 6.04. The molecule has 5 nitrogen and oxygen atoms in total. The monoisotopic (exact) mass is 247 g/mol. The summed E-state index contributed by atoms with van der Waals surface area (Å²) in [5.41, 5.74) is -0.0294. The maximum absolute atomic E-state index is 11.5. The number of phenols is 1. The van der Waals surface area contributed by atoms with Gasteiger partial charge in [-0.1, -0.05) is 18.2 Å². The molecular formula is C13H13NO4. The molecule has 1 amide bonds. The minimum atomic E-state index is -1.22. The summed E-state index contributed by atoms with van der Waals surface area (Å²) in [5.74, 6) is -1.84. The number of phenolic OH excluding ortho intramolecular Hbond substituents is 1. The quantitative estimate of drug-likeness (QED) is 0.432. The number of amides is 1. The van der Waals surface area contributed by atoms with Crippen molar-refractivity contribution in [2.24, 2.45) is 0 Å². The molecule has 0 aliphatic rings. The molecule has 0 heterocycles. The molecule has 0 radical (unpaired) electrons. The van der Waals surface area contributed by atoms with Gasteiger partial charge in [0.25, 0.3) is 0 Å². The van der Waals surface area contributed by atoms with Crippen LogP contribution >= 0.6 is 0 Å². The standard InChI is InChI=1S/C13H13NO4/c1-2-3-4-5-12(16)14-11-7-6-9(15)8-10(11)13(17)18/h2-8,15H,1H3,(H,14,16)(H,17,18)/b3-2+,5-4+. The SMILES string of the molecule is C/C=C/C=C/C(=O)Nc1ccc(O)cc1C(=O)O. The molecule has 0 saturated carbocycles. The number of nitrogens with one attached hydrogen (secondary N) is 1. The van der Waals surface area contributed by atoms with Gasteiger partial charge in [0, 0.05) is 6.08 Å². The van der Waals surface area contributed by atoms with Gasteiger partial charge in [0.05, 0.1) is 11.3 Å². The summed E-state index contributed by atoms with van der Waals surface area (Å²) in [4.78, 5) is 22.4. The Bertz CT molecular complexity index is 518. The number of allylic oxidation sites excluding steroid dienone is 3. The number of carbonyl (C=O) groups excluding carboxylic acids is 1. The molecule has 3 N–H and O–H groups in total. The molecule has 0 atom stereocenters. The van der Waals surface area contributed by atoms with E-state index < -0.39 is 11.9 Å². The lowest BCUT2D eigenvalue weighted by Crippen LogP contribution is -2.11. The van der Waals surface area contributed by atoms with Gasteiger partial charge in [-0.25, -0.2) is 4.79 Å². The molecule has 0 spiro atoms. The van der Waals surface area contributed by atoms with Crippen molar-refractivity contribution >= 4 is 17.6 Å². The number of benzene rings is 1. The van der Waals surface area contributed by atoms with Crippen molar-refractivity contribution in [2.75, 3.05) is 5.32 Å². The molecule has 0 aromatic heterocycles. The zero-order valence-electron chi connectivity index (χ0n) is 9.75. The molecule has 18 heavy (non-hydrogen) atoms. The number of hydrogen-bond acceptors (Lipinski definition) is 3. The summed E-state index contributed by atoms with van der Waals surface area (Å²) < 4.78 is 0. The van der Waals surface area contributed by atoms with E-state index in [4.69, 9.17) is 5.11 Å². The number of carbonyl (C=O) groups is 2. The van der Waals surface area contributed by atoms with E-state index in [2.05, 4.69) is 5.32 Å². The first-order valence-corrected chi connectivity index (χ1v) is 5.21. The highest BCUT2D eigenvalue weighted by atomic mass is 16.4.